The molecule has 0 amide bonds. The molecule has 3 rings (SSSR count). The highest BCUT2D eigenvalue weighted by atomic mass is 35.5. The summed E-state index contributed by atoms with van der Waals surface area (Å²) in [5, 5.41) is 12.9. The van der Waals surface area contributed by atoms with Gasteiger partial charge in [0.05, 0.1) is 9.90 Å². The first-order chi connectivity index (χ1) is 8.25. The Bertz CT molecular complexity index is 506. The van der Waals surface area contributed by atoms with Gasteiger partial charge in [0, 0.05) is 9.75 Å². The quantitative estimate of drug-likeness (QED) is 0.865. The van der Waals surface area contributed by atoms with Crippen molar-refractivity contribution in [1.29, 1.82) is 0 Å². The van der Waals surface area contributed by atoms with Crippen molar-refractivity contribution in [2.45, 2.75) is 31.8 Å². The van der Waals surface area contributed by atoms with Gasteiger partial charge in [0.15, 0.2) is 0 Å². The van der Waals surface area contributed by atoms with Gasteiger partial charge < -0.3 is 5.11 Å². The maximum Gasteiger partial charge on any atom is 0.124 e. The first kappa shape index (κ1) is 11.7. The number of aliphatic hydroxyl groups is 1. The van der Waals surface area contributed by atoms with Crippen LogP contribution in [0, 0.1) is 0 Å². The molecule has 1 atom stereocenters. The molecule has 2 aromatic rings. The van der Waals surface area contributed by atoms with E-state index in [2.05, 4.69) is 6.07 Å². The van der Waals surface area contributed by atoms with Crippen LogP contribution >= 0.6 is 34.3 Å². The van der Waals surface area contributed by atoms with Gasteiger partial charge in [-0.2, -0.15) is 0 Å². The molecule has 1 unspecified atom stereocenters. The summed E-state index contributed by atoms with van der Waals surface area (Å²) in [7, 11) is 0. The third-order valence-electron chi connectivity index (χ3n) is 3.18. The average molecular weight is 285 g/mol. The van der Waals surface area contributed by atoms with E-state index in [0.29, 0.717) is 5.02 Å². The number of hydrogen-bond acceptors (Lipinski definition) is 3. The highest BCUT2D eigenvalue weighted by Gasteiger charge is 2.21. The van der Waals surface area contributed by atoms with E-state index < -0.39 is 6.10 Å². The van der Waals surface area contributed by atoms with Crippen molar-refractivity contribution < 1.29 is 5.11 Å². The van der Waals surface area contributed by atoms with Crippen LogP contribution < -0.4 is 0 Å². The Morgan fingerprint density at radius 1 is 1.29 bits per heavy atom. The highest BCUT2D eigenvalue weighted by Crippen LogP contribution is 2.38. The standard InChI is InChI=1S/C13H13ClOS2/c14-9-5-6-16-13(9)12(15)11-7-8-3-1-2-4-10(8)17-11/h5-7,12,15H,1-4H2. The van der Waals surface area contributed by atoms with Crippen LogP contribution in [0.25, 0.3) is 0 Å². The fourth-order valence-corrected chi connectivity index (χ4v) is 4.77. The van der Waals surface area contributed by atoms with Crippen LogP contribution in [0.2, 0.25) is 5.02 Å². The van der Waals surface area contributed by atoms with Crippen LogP contribution in [-0.4, -0.2) is 5.11 Å². The second-order valence-electron chi connectivity index (χ2n) is 4.34. The fourth-order valence-electron chi connectivity index (χ4n) is 2.28. The zero-order valence-electron chi connectivity index (χ0n) is 9.28. The lowest BCUT2D eigenvalue weighted by molar-refractivity contribution is 0.228. The zero-order valence-corrected chi connectivity index (χ0v) is 11.7. The van der Waals surface area contributed by atoms with Gasteiger partial charge in [0.1, 0.15) is 6.10 Å². The topological polar surface area (TPSA) is 20.2 Å². The van der Waals surface area contributed by atoms with E-state index >= 15 is 0 Å². The molecule has 1 nitrogen and oxygen atoms in total. The van der Waals surface area contributed by atoms with Gasteiger partial charge in [-0.3, -0.25) is 0 Å². The van der Waals surface area contributed by atoms with Gasteiger partial charge in [-0.25, -0.2) is 0 Å². The molecule has 1 aliphatic rings. The summed E-state index contributed by atoms with van der Waals surface area (Å²) >= 11 is 9.34. The molecule has 1 aliphatic carbocycles. The molecule has 0 saturated heterocycles. The van der Waals surface area contributed by atoms with Crippen molar-refractivity contribution in [2.75, 3.05) is 0 Å². The summed E-state index contributed by atoms with van der Waals surface area (Å²) in [6.45, 7) is 0. The van der Waals surface area contributed by atoms with Crippen LogP contribution in [0.15, 0.2) is 17.5 Å². The van der Waals surface area contributed by atoms with Crippen LogP contribution in [0.5, 0.6) is 0 Å². The predicted molar refractivity (Wildman–Crippen MR) is 74.4 cm³/mol. The van der Waals surface area contributed by atoms with E-state index in [0.717, 1.165) is 16.2 Å². The molecule has 0 saturated carbocycles. The van der Waals surface area contributed by atoms with Crippen molar-refractivity contribution in [3.05, 3.63) is 42.7 Å². The van der Waals surface area contributed by atoms with Crippen LogP contribution in [0.1, 0.15) is 39.1 Å². The number of fused-ring (bicyclic) bond motifs is 1. The Kier molecular flexibility index (Phi) is 3.26. The van der Waals surface area contributed by atoms with Crippen molar-refractivity contribution in [3.63, 3.8) is 0 Å². The van der Waals surface area contributed by atoms with Gasteiger partial charge in [-0.15, -0.1) is 22.7 Å². The SMILES string of the molecule is OC(c1cc2c(s1)CCCC2)c1sccc1Cl. The predicted octanol–water partition coefficient (Wildman–Crippen LogP) is 4.42. The summed E-state index contributed by atoms with van der Waals surface area (Å²) in [6, 6.07) is 4.01. The molecule has 0 bridgehead atoms. The first-order valence-electron chi connectivity index (χ1n) is 5.78. The summed E-state index contributed by atoms with van der Waals surface area (Å²) in [5.74, 6) is 0. The van der Waals surface area contributed by atoms with Crippen LogP contribution in [-0.2, 0) is 12.8 Å². The fraction of sp³-hybridized carbons (Fsp3) is 0.385. The largest absolute Gasteiger partial charge is 0.382 e. The van der Waals surface area contributed by atoms with Gasteiger partial charge in [0.25, 0.3) is 0 Å². The summed E-state index contributed by atoms with van der Waals surface area (Å²) < 4.78 is 0. The van der Waals surface area contributed by atoms with Crippen molar-refractivity contribution in [3.8, 4) is 0 Å². The Hall–Kier alpha value is -0.350. The zero-order chi connectivity index (χ0) is 11.8. The van der Waals surface area contributed by atoms with Crippen molar-refractivity contribution in [2.24, 2.45) is 0 Å². The van der Waals surface area contributed by atoms with Crippen molar-refractivity contribution in [1.82, 2.24) is 0 Å². The van der Waals surface area contributed by atoms with E-state index in [1.807, 2.05) is 11.4 Å². The lowest BCUT2D eigenvalue weighted by Crippen LogP contribution is -1.96. The third kappa shape index (κ3) is 2.17. The monoisotopic (exact) mass is 284 g/mol. The van der Waals surface area contributed by atoms with E-state index in [-0.39, 0.29) is 0 Å². The third-order valence-corrected chi connectivity index (χ3v) is 5.88. The molecular formula is C13H13ClOS2. The van der Waals surface area contributed by atoms with Gasteiger partial charge in [0.2, 0.25) is 0 Å². The molecule has 2 aromatic heterocycles. The first-order valence-corrected chi connectivity index (χ1v) is 7.85. The summed E-state index contributed by atoms with van der Waals surface area (Å²) in [5.41, 5.74) is 1.43. The molecule has 0 fully saturated rings. The number of hydrogen-bond donors (Lipinski definition) is 1. The highest BCUT2D eigenvalue weighted by molar-refractivity contribution is 7.13. The number of halogens is 1. The van der Waals surface area contributed by atoms with E-state index in [4.69, 9.17) is 11.6 Å². The lowest BCUT2D eigenvalue weighted by atomic mass is 9.99. The molecule has 4 heteroatoms. The Balaban J connectivity index is 1.94. The molecule has 0 spiro atoms. The Morgan fingerprint density at radius 3 is 2.82 bits per heavy atom. The minimum absolute atomic E-state index is 0.543. The van der Waals surface area contributed by atoms with E-state index in [1.54, 1.807) is 11.3 Å². The molecule has 0 aromatic carbocycles. The van der Waals surface area contributed by atoms with Gasteiger partial charge in [-0.1, -0.05) is 11.6 Å². The smallest absolute Gasteiger partial charge is 0.124 e. The van der Waals surface area contributed by atoms with Crippen LogP contribution in [0.4, 0.5) is 0 Å². The number of rotatable bonds is 2. The van der Waals surface area contributed by atoms with E-state index in [9.17, 15) is 5.11 Å². The molecule has 2 heterocycles. The minimum atomic E-state index is -0.543. The van der Waals surface area contributed by atoms with E-state index in [1.165, 1.54) is 41.0 Å². The minimum Gasteiger partial charge on any atom is -0.382 e. The Labute approximate surface area is 114 Å². The molecular weight excluding hydrogens is 272 g/mol. The normalized spacial score (nSPS) is 16.8. The average Bonchev–Trinajstić information content (AvgIpc) is 2.93. The summed E-state index contributed by atoms with van der Waals surface area (Å²) in [6.07, 6.45) is 4.35. The maximum absolute atomic E-state index is 10.3. The van der Waals surface area contributed by atoms with Crippen molar-refractivity contribution >= 4 is 34.3 Å². The van der Waals surface area contributed by atoms with Gasteiger partial charge >= 0.3 is 0 Å². The molecule has 0 radical (unpaired) electrons. The lowest BCUT2D eigenvalue weighted by Gasteiger charge is -2.08. The molecule has 90 valence electrons. The number of aryl methyl sites for hydroxylation is 2. The Morgan fingerprint density at radius 2 is 2.12 bits per heavy atom. The molecule has 0 aliphatic heterocycles. The maximum atomic E-state index is 10.3. The van der Waals surface area contributed by atoms with Crippen LogP contribution in [0.3, 0.4) is 0 Å². The summed E-state index contributed by atoms with van der Waals surface area (Å²) in [4.78, 5) is 3.37. The molecule has 1 N–H and O–H groups in total. The second-order valence-corrected chi connectivity index (χ2v) is 6.86. The van der Waals surface area contributed by atoms with Gasteiger partial charge in [-0.05, 0) is 48.8 Å². The number of aliphatic hydroxyl groups excluding tert-OH is 1. The molecule has 17 heavy (non-hydrogen) atoms. The number of thiophene rings is 2. The second kappa shape index (κ2) is 4.73.